The Kier molecular flexibility index (Phi) is 3.97. The zero-order chi connectivity index (χ0) is 16.6. The third-order valence-corrected chi connectivity index (χ3v) is 5.02. The smallest absolute Gasteiger partial charge is 0.272 e. The lowest BCUT2D eigenvalue weighted by Gasteiger charge is -2.21. The van der Waals surface area contributed by atoms with Crippen LogP contribution in [0, 0.1) is 38.0 Å². The SMILES string of the molecule is C/C(=N/Nc1ccc([N+](=O)[O-])cc1[N+](=O)[O-])C1CC2CCC1C2. The average molecular weight is 318 g/mol. The Bertz CT molecular complexity index is 688. The summed E-state index contributed by atoms with van der Waals surface area (Å²) in [5.41, 5.74) is 3.19. The Morgan fingerprint density at radius 1 is 1.22 bits per heavy atom. The molecule has 0 aromatic heterocycles. The summed E-state index contributed by atoms with van der Waals surface area (Å²) >= 11 is 0. The number of hydrogen-bond acceptors (Lipinski definition) is 6. The number of nitrogens with one attached hydrogen (secondary N) is 1. The van der Waals surface area contributed by atoms with E-state index in [-0.39, 0.29) is 17.1 Å². The van der Waals surface area contributed by atoms with Gasteiger partial charge in [-0.15, -0.1) is 0 Å². The number of benzene rings is 1. The summed E-state index contributed by atoms with van der Waals surface area (Å²) in [7, 11) is 0. The molecule has 0 spiro atoms. The summed E-state index contributed by atoms with van der Waals surface area (Å²) < 4.78 is 0. The van der Waals surface area contributed by atoms with Crippen LogP contribution in [0.4, 0.5) is 17.1 Å². The minimum Gasteiger partial charge on any atom is -0.272 e. The van der Waals surface area contributed by atoms with Gasteiger partial charge in [0.05, 0.1) is 15.9 Å². The maximum atomic E-state index is 11.1. The standard InChI is InChI=1S/C15H18N4O4/c1-9(13-7-10-2-3-11(13)6-10)16-17-14-5-4-12(18(20)21)8-15(14)19(22)23/h4-5,8,10-11,13,17H,2-3,6-7H2,1H3/b16-9-. The summed E-state index contributed by atoms with van der Waals surface area (Å²) in [5.74, 6) is 1.92. The zero-order valence-electron chi connectivity index (χ0n) is 12.8. The quantitative estimate of drug-likeness (QED) is 0.505. The molecule has 0 aliphatic heterocycles. The molecule has 2 aliphatic rings. The molecule has 2 aliphatic carbocycles. The van der Waals surface area contributed by atoms with Gasteiger partial charge in [-0.25, -0.2) is 0 Å². The highest BCUT2D eigenvalue weighted by Gasteiger charge is 2.40. The van der Waals surface area contributed by atoms with Crippen molar-refractivity contribution in [1.29, 1.82) is 0 Å². The van der Waals surface area contributed by atoms with E-state index in [4.69, 9.17) is 0 Å². The number of nitro benzene ring substituents is 2. The Labute approximate surface area is 132 Å². The van der Waals surface area contributed by atoms with Crippen molar-refractivity contribution in [2.24, 2.45) is 22.9 Å². The summed E-state index contributed by atoms with van der Waals surface area (Å²) in [4.78, 5) is 20.5. The van der Waals surface area contributed by atoms with Gasteiger partial charge in [-0.1, -0.05) is 6.42 Å². The van der Waals surface area contributed by atoms with E-state index in [1.165, 1.54) is 31.4 Å². The fourth-order valence-corrected chi connectivity index (χ4v) is 3.87. The monoisotopic (exact) mass is 318 g/mol. The second-order valence-electron chi connectivity index (χ2n) is 6.36. The van der Waals surface area contributed by atoms with E-state index in [9.17, 15) is 20.2 Å². The van der Waals surface area contributed by atoms with Crippen LogP contribution in [-0.2, 0) is 0 Å². The predicted molar refractivity (Wildman–Crippen MR) is 85.4 cm³/mol. The molecule has 23 heavy (non-hydrogen) atoms. The first-order chi connectivity index (χ1) is 11.0. The van der Waals surface area contributed by atoms with Crippen LogP contribution in [0.2, 0.25) is 0 Å². The number of hydrazone groups is 1. The van der Waals surface area contributed by atoms with Crippen LogP contribution in [0.5, 0.6) is 0 Å². The number of fused-ring (bicyclic) bond motifs is 2. The van der Waals surface area contributed by atoms with Gasteiger partial charge in [0.25, 0.3) is 5.69 Å². The van der Waals surface area contributed by atoms with E-state index in [1.807, 2.05) is 6.92 Å². The molecular weight excluding hydrogens is 300 g/mol. The maximum Gasteiger partial charge on any atom is 0.301 e. The second kappa shape index (κ2) is 5.94. The van der Waals surface area contributed by atoms with Crippen molar-refractivity contribution < 1.29 is 9.85 Å². The van der Waals surface area contributed by atoms with Gasteiger partial charge in [0.15, 0.2) is 0 Å². The van der Waals surface area contributed by atoms with Crippen molar-refractivity contribution in [3.05, 3.63) is 38.4 Å². The molecule has 122 valence electrons. The van der Waals surface area contributed by atoms with Gasteiger partial charge in [-0.3, -0.25) is 25.7 Å². The summed E-state index contributed by atoms with van der Waals surface area (Å²) in [6.45, 7) is 1.94. The molecule has 1 aromatic carbocycles. The molecule has 0 amide bonds. The van der Waals surface area contributed by atoms with Crippen LogP contribution < -0.4 is 5.43 Å². The Morgan fingerprint density at radius 3 is 2.57 bits per heavy atom. The van der Waals surface area contributed by atoms with Gasteiger partial charge in [-0.2, -0.15) is 5.10 Å². The molecule has 3 unspecified atom stereocenters. The number of rotatable bonds is 5. The lowest BCUT2D eigenvalue weighted by Crippen LogP contribution is -2.19. The number of anilines is 1. The molecule has 2 fully saturated rings. The second-order valence-corrected chi connectivity index (χ2v) is 6.36. The van der Waals surface area contributed by atoms with Gasteiger partial charge < -0.3 is 0 Å². The molecule has 8 nitrogen and oxygen atoms in total. The third-order valence-electron chi connectivity index (χ3n) is 5.02. The van der Waals surface area contributed by atoms with E-state index < -0.39 is 9.85 Å². The molecule has 2 bridgehead atoms. The summed E-state index contributed by atoms with van der Waals surface area (Å²) in [5, 5.41) is 26.1. The van der Waals surface area contributed by atoms with Crippen LogP contribution in [0.3, 0.4) is 0 Å². The van der Waals surface area contributed by atoms with E-state index >= 15 is 0 Å². The van der Waals surface area contributed by atoms with E-state index in [2.05, 4.69) is 10.5 Å². The molecule has 0 heterocycles. The first kappa shape index (κ1) is 15.4. The first-order valence-corrected chi connectivity index (χ1v) is 7.68. The van der Waals surface area contributed by atoms with Gasteiger partial charge in [0, 0.05) is 17.7 Å². The van der Waals surface area contributed by atoms with Gasteiger partial charge >= 0.3 is 5.69 Å². The zero-order valence-corrected chi connectivity index (χ0v) is 12.8. The topological polar surface area (TPSA) is 111 Å². The molecule has 0 radical (unpaired) electrons. The fourth-order valence-electron chi connectivity index (χ4n) is 3.87. The lowest BCUT2D eigenvalue weighted by atomic mass is 9.86. The highest BCUT2D eigenvalue weighted by molar-refractivity contribution is 5.86. The van der Waals surface area contributed by atoms with Gasteiger partial charge in [0.1, 0.15) is 5.69 Å². The van der Waals surface area contributed by atoms with Crippen LogP contribution in [0.15, 0.2) is 23.3 Å². The van der Waals surface area contributed by atoms with Crippen molar-refractivity contribution in [1.82, 2.24) is 0 Å². The van der Waals surface area contributed by atoms with Crippen molar-refractivity contribution in [3.8, 4) is 0 Å². The normalized spacial score (nSPS) is 26.3. The largest absolute Gasteiger partial charge is 0.301 e. The van der Waals surface area contributed by atoms with Crippen molar-refractivity contribution >= 4 is 22.8 Å². The third kappa shape index (κ3) is 3.01. The first-order valence-electron chi connectivity index (χ1n) is 7.68. The van der Waals surface area contributed by atoms with Crippen LogP contribution in [0.25, 0.3) is 0 Å². The highest BCUT2D eigenvalue weighted by atomic mass is 16.6. The maximum absolute atomic E-state index is 11.1. The molecule has 0 saturated heterocycles. The molecule has 8 heteroatoms. The van der Waals surface area contributed by atoms with E-state index in [1.54, 1.807) is 0 Å². The molecule has 2 saturated carbocycles. The predicted octanol–water partition coefficient (Wildman–Crippen LogP) is 3.73. The fraction of sp³-hybridized carbons (Fsp3) is 0.533. The van der Waals surface area contributed by atoms with Crippen LogP contribution in [0.1, 0.15) is 32.6 Å². The number of hydrogen-bond donors (Lipinski definition) is 1. The Hall–Kier alpha value is -2.51. The number of non-ortho nitro benzene ring substituents is 1. The summed E-state index contributed by atoms with van der Waals surface area (Å²) in [6.07, 6.45) is 4.94. The van der Waals surface area contributed by atoms with Gasteiger partial charge in [0.2, 0.25) is 0 Å². The molecule has 3 rings (SSSR count). The van der Waals surface area contributed by atoms with Gasteiger partial charge in [-0.05, 0) is 44.1 Å². The van der Waals surface area contributed by atoms with E-state index in [0.717, 1.165) is 24.1 Å². The van der Waals surface area contributed by atoms with Crippen molar-refractivity contribution in [2.75, 3.05) is 5.43 Å². The van der Waals surface area contributed by atoms with Crippen LogP contribution >= 0.6 is 0 Å². The molecule has 1 N–H and O–H groups in total. The van der Waals surface area contributed by atoms with Crippen molar-refractivity contribution in [2.45, 2.75) is 32.6 Å². The van der Waals surface area contributed by atoms with E-state index in [0.29, 0.717) is 11.8 Å². The molecular formula is C15H18N4O4. The van der Waals surface area contributed by atoms with Crippen molar-refractivity contribution in [3.63, 3.8) is 0 Å². The number of nitro groups is 2. The van der Waals surface area contributed by atoms with Crippen LogP contribution in [-0.4, -0.2) is 15.6 Å². The Morgan fingerprint density at radius 2 is 2.00 bits per heavy atom. The minimum atomic E-state index is -0.652. The average Bonchev–Trinajstić information content (AvgIpc) is 3.15. The Balaban J connectivity index is 1.78. The highest BCUT2D eigenvalue weighted by Crippen LogP contribution is 2.48. The lowest BCUT2D eigenvalue weighted by molar-refractivity contribution is -0.393. The number of nitrogens with zero attached hydrogens (tertiary/aromatic N) is 3. The molecule has 3 atom stereocenters. The minimum absolute atomic E-state index is 0.170. The summed E-state index contributed by atoms with van der Waals surface area (Å²) in [6, 6.07) is 3.51. The molecule has 1 aromatic rings.